The van der Waals surface area contributed by atoms with Crippen LogP contribution in [0.4, 0.5) is 0 Å². The lowest BCUT2D eigenvalue weighted by atomic mass is 10.2. The van der Waals surface area contributed by atoms with Gasteiger partial charge >= 0.3 is 0 Å². The standard InChI is InChI=1S/C15H27NOS/c1-4-5-6-7-8-9-17-12-14-10-15(11-16-3)18-13(14)2/h10,16H,4-9,11-12H2,1-3H3. The first-order valence-electron chi connectivity index (χ1n) is 7.08. The molecular weight excluding hydrogens is 242 g/mol. The number of rotatable bonds is 10. The highest BCUT2D eigenvalue weighted by molar-refractivity contribution is 7.12. The maximum absolute atomic E-state index is 5.76. The minimum absolute atomic E-state index is 0.778. The summed E-state index contributed by atoms with van der Waals surface area (Å²) in [5, 5.41) is 3.19. The third-order valence-electron chi connectivity index (χ3n) is 3.07. The topological polar surface area (TPSA) is 21.3 Å². The summed E-state index contributed by atoms with van der Waals surface area (Å²) in [6.45, 7) is 7.07. The third kappa shape index (κ3) is 5.98. The number of hydrogen-bond donors (Lipinski definition) is 1. The van der Waals surface area contributed by atoms with Crippen LogP contribution >= 0.6 is 11.3 Å². The monoisotopic (exact) mass is 269 g/mol. The summed E-state index contributed by atoms with van der Waals surface area (Å²) in [4.78, 5) is 2.79. The highest BCUT2D eigenvalue weighted by Gasteiger charge is 2.04. The smallest absolute Gasteiger partial charge is 0.0727 e. The second-order valence-corrected chi connectivity index (χ2v) is 6.13. The Morgan fingerprint density at radius 1 is 1.22 bits per heavy atom. The van der Waals surface area contributed by atoms with Crippen LogP contribution in [0.1, 0.15) is 54.3 Å². The van der Waals surface area contributed by atoms with Crippen molar-refractivity contribution in [3.8, 4) is 0 Å². The van der Waals surface area contributed by atoms with Gasteiger partial charge in [-0.2, -0.15) is 0 Å². The first-order valence-corrected chi connectivity index (χ1v) is 7.90. The molecule has 0 aliphatic rings. The van der Waals surface area contributed by atoms with E-state index >= 15 is 0 Å². The molecule has 1 rings (SSSR count). The van der Waals surface area contributed by atoms with Crippen LogP contribution in [0, 0.1) is 6.92 Å². The highest BCUT2D eigenvalue weighted by atomic mass is 32.1. The first-order chi connectivity index (χ1) is 8.77. The number of nitrogens with one attached hydrogen (secondary N) is 1. The lowest BCUT2D eigenvalue weighted by molar-refractivity contribution is 0.116. The number of ether oxygens (including phenoxy) is 1. The fourth-order valence-electron chi connectivity index (χ4n) is 1.98. The Balaban J connectivity index is 2.14. The molecule has 0 aliphatic heterocycles. The van der Waals surface area contributed by atoms with Crippen LogP contribution in [0.25, 0.3) is 0 Å². The Bertz CT molecular complexity index is 322. The fourth-order valence-corrected chi connectivity index (χ4v) is 3.04. The van der Waals surface area contributed by atoms with Gasteiger partial charge in [0.1, 0.15) is 0 Å². The van der Waals surface area contributed by atoms with E-state index in [9.17, 15) is 0 Å². The van der Waals surface area contributed by atoms with E-state index in [0.717, 1.165) is 19.8 Å². The van der Waals surface area contributed by atoms with Crippen LogP contribution in [0.3, 0.4) is 0 Å². The van der Waals surface area contributed by atoms with Gasteiger partial charge in [-0.15, -0.1) is 11.3 Å². The van der Waals surface area contributed by atoms with E-state index in [2.05, 4.69) is 25.2 Å². The number of thiophene rings is 1. The maximum Gasteiger partial charge on any atom is 0.0727 e. The summed E-state index contributed by atoms with van der Waals surface area (Å²) in [7, 11) is 1.99. The summed E-state index contributed by atoms with van der Waals surface area (Å²) in [5.74, 6) is 0. The summed E-state index contributed by atoms with van der Waals surface area (Å²) in [6.07, 6.45) is 6.53. The van der Waals surface area contributed by atoms with Crippen LogP contribution in [-0.2, 0) is 17.9 Å². The van der Waals surface area contributed by atoms with Crippen molar-refractivity contribution in [3.63, 3.8) is 0 Å². The average molecular weight is 269 g/mol. The van der Waals surface area contributed by atoms with Crippen LogP contribution in [0.5, 0.6) is 0 Å². The zero-order valence-corrected chi connectivity index (χ0v) is 12.9. The molecule has 0 fully saturated rings. The van der Waals surface area contributed by atoms with Crippen molar-refractivity contribution in [1.29, 1.82) is 0 Å². The minimum atomic E-state index is 0.778. The number of unbranched alkanes of at least 4 members (excludes halogenated alkanes) is 4. The lowest BCUT2D eigenvalue weighted by Crippen LogP contribution is -2.02. The molecule has 2 nitrogen and oxygen atoms in total. The van der Waals surface area contributed by atoms with E-state index in [4.69, 9.17) is 4.74 Å². The van der Waals surface area contributed by atoms with Gasteiger partial charge in [-0.05, 0) is 32.0 Å². The van der Waals surface area contributed by atoms with Gasteiger partial charge < -0.3 is 10.1 Å². The molecule has 0 amide bonds. The summed E-state index contributed by atoms with van der Waals surface area (Å²) >= 11 is 1.87. The first kappa shape index (κ1) is 15.7. The van der Waals surface area contributed by atoms with Crippen molar-refractivity contribution in [1.82, 2.24) is 5.32 Å². The average Bonchev–Trinajstić information content (AvgIpc) is 2.69. The molecule has 0 aromatic carbocycles. The second-order valence-electron chi connectivity index (χ2n) is 4.79. The summed E-state index contributed by atoms with van der Waals surface area (Å²) in [6, 6.07) is 2.27. The van der Waals surface area contributed by atoms with Gasteiger partial charge in [0.2, 0.25) is 0 Å². The summed E-state index contributed by atoms with van der Waals surface area (Å²) < 4.78 is 5.76. The minimum Gasteiger partial charge on any atom is -0.377 e. The number of hydrogen-bond acceptors (Lipinski definition) is 3. The van der Waals surface area contributed by atoms with Crippen molar-refractivity contribution in [3.05, 3.63) is 21.4 Å². The third-order valence-corrected chi connectivity index (χ3v) is 4.17. The van der Waals surface area contributed by atoms with Crippen LogP contribution in [0.15, 0.2) is 6.07 Å². The molecule has 0 saturated heterocycles. The Labute approximate surface area is 116 Å². The molecule has 0 bridgehead atoms. The molecule has 0 atom stereocenters. The molecule has 1 heterocycles. The molecule has 104 valence electrons. The van der Waals surface area contributed by atoms with Gasteiger partial charge in [-0.3, -0.25) is 0 Å². The Morgan fingerprint density at radius 2 is 2.00 bits per heavy atom. The molecular formula is C15H27NOS. The molecule has 0 aliphatic carbocycles. The van der Waals surface area contributed by atoms with Crippen molar-refractivity contribution in [2.75, 3.05) is 13.7 Å². The highest BCUT2D eigenvalue weighted by Crippen LogP contribution is 2.22. The molecule has 0 radical (unpaired) electrons. The maximum atomic E-state index is 5.76. The zero-order valence-electron chi connectivity index (χ0n) is 12.1. The SMILES string of the molecule is CCCCCCCOCc1cc(CNC)sc1C. The van der Waals surface area contributed by atoms with E-state index in [1.165, 1.54) is 47.4 Å². The van der Waals surface area contributed by atoms with Gasteiger partial charge in [-0.1, -0.05) is 32.6 Å². The van der Waals surface area contributed by atoms with E-state index in [0.29, 0.717) is 0 Å². The van der Waals surface area contributed by atoms with Gasteiger partial charge in [0, 0.05) is 22.9 Å². The Kier molecular flexibility index (Phi) is 8.31. The van der Waals surface area contributed by atoms with E-state index in [1.807, 2.05) is 18.4 Å². The van der Waals surface area contributed by atoms with Crippen molar-refractivity contribution in [2.45, 2.75) is 59.1 Å². The predicted molar refractivity (Wildman–Crippen MR) is 80.2 cm³/mol. The van der Waals surface area contributed by atoms with Gasteiger partial charge in [-0.25, -0.2) is 0 Å². The largest absolute Gasteiger partial charge is 0.377 e. The van der Waals surface area contributed by atoms with Crippen LogP contribution < -0.4 is 5.32 Å². The van der Waals surface area contributed by atoms with E-state index in [-0.39, 0.29) is 0 Å². The van der Waals surface area contributed by atoms with Crippen LogP contribution in [-0.4, -0.2) is 13.7 Å². The van der Waals surface area contributed by atoms with E-state index < -0.39 is 0 Å². The van der Waals surface area contributed by atoms with Crippen molar-refractivity contribution >= 4 is 11.3 Å². The second kappa shape index (κ2) is 9.54. The Morgan fingerprint density at radius 3 is 2.72 bits per heavy atom. The molecule has 0 unspecified atom stereocenters. The molecule has 1 aromatic rings. The van der Waals surface area contributed by atoms with Crippen molar-refractivity contribution < 1.29 is 4.74 Å². The van der Waals surface area contributed by atoms with E-state index in [1.54, 1.807) is 0 Å². The van der Waals surface area contributed by atoms with Crippen molar-refractivity contribution in [2.24, 2.45) is 0 Å². The van der Waals surface area contributed by atoms with Gasteiger partial charge in [0.15, 0.2) is 0 Å². The zero-order chi connectivity index (χ0) is 13.2. The fraction of sp³-hybridized carbons (Fsp3) is 0.733. The van der Waals surface area contributed by atoms with Gasteiger partial charge in [0.25, 0.3) is 0 Å². The summed E-state index contributed by atoms with van der Waals surface area (Å²) in [5.41, 5.74) is 1.36. The molecule has 0 spiro atoms. The predicted octanol–water partition coefficient (Wildman–Crippen LogP) is 4.26. The van der Waals surface area contributed by atoms with Crippen LogP contribution in [0.2, 0.25) is 0 Å². The molecule has 3 heteroatoms. The molecule has 1 N–H and O–H groups in total. The molecule has 18 heavy (non-hydrogen) atoms. The normalized spacial score (nSPS) is 11.1. The Hall–Kier alpha value is -0.380. The number of aryl methyl sites for hydroxylation is 1. The van der Waals surface area contributed by atoms with Gasteiger partial charge in [0.05, 0.1) is 6.61 Å². The lowest BCUT2D eigenvalue weighted by Gasteiger charge is -2.03. The molecule has 1 aromatic heterocycles. The molecule has 0 saturated carbocycles. The quantitative estimate of drug-likeness (QED) is 0.641.